The van der Waals surface area contributed by atoms with Crippen LogP contribution in [0, 0.1) is 6.92 Å². The van der Waals surface area contributed by atoms with Crippen molar-refractivity contribution in [2.24, 2.45) is 0 Å². The number of hydrogen-bond acceptors (Lipinski definition) is 4. The predicted octanol–water partition coefficient (Wildman–Crippen LogP) is 3.95. The molecule has 0 aliphatic carbocycles. The number of fused-ring (bicyclic) bond motifs is 1. The maximum atomic E-state index is 4.67. The predicted molar refractivity (Wildman–Crippen MR) is 97.6 cm³/mol. The molecule has 0 saturated carbocycles. The summed E-state index contributed by atoms with van der Waals surface area (Å²) in [4.78, 5) is 0. The molecule has 2 heterocycles. The number of aromatic nitrogens is 4. The summed E-state index contributed by atoms with van der Waals surface area (Å²) in [6.45, 7) is 11.5. The first-order chi connectivity index (χ1) is 11.3. The van der Waals surface area contributed by atoms with Crippen molar-refractivity contribution in [1.29, 1.82) is 0 Å². The third-order valence-corrected chi connectivity index (χ3v) is 4.13. The van der Waals surface area contributed by atoms with E-state index in [4.69, 9.17) is 0 Å². The third kappa shape index (κ3) is 3.40. The number of aryl methyl sites for hydroxylation is 1. The summed E-state index contributed by atoms with van der Waals surface area (Å²) in [5, 5.41) is 16.6. The summed E-state index contributed by atoms with van der Waals surface area (Å²) < 4.78 is 1.83. The molecule has 0 saturated heterocycles. The fourth-order valence-corrected chi connectivity index (χ4v) is 2.70. The monoisotopic (exact) mass is 323 g/mol. The maximum Gasteiger partial charge on any atom is 0.178 e. The first-order valence-corrected chi connectivity index (χ1v) is 8.38. The Morgan fingerprint density at radius 1 is 1.12 bits per heavy atom. The van der Waals surface area contributed by atoms with Crippen molar-refractivity contribution < 1.29 is 0 Å². The molecule has 24 heavy (non-hydrogen) atoms. The first-order valence-electron chi connectivity index (χ1n) is 8.38. The highest BCUT2D eigenvalue weighted by Gasteiger charge is 2.21. The van der Waals surface area contributed by atoms with Gasteiger partial charge in [-0.05, 0) is 30.5 Å². The molecule has 0 spiro atoms. The Morgan fingerprint density at radius 2 is 1.92 bits per heavy atom. The van der Waals surface area contributed by atoms with Crippen LogP contribution in [-0.4, -0.2) is 26.4 Å². The summed E-state index contributed by atoms with van der Waals surface area (Å²) >= 11 is 0. The van der Waals surface area contributed by atoms with Crippen LogP contribution in [0.4, 0.5) is 5.82 Å². The number of rotatable bonds is 4. The van der Waals surface area contributed by atoms with Crippen LogP contribution >= 0.6 is 0 Å². The highest BCUT2D eigenvalue weighted by atomic mass is 15.4. The van der Waals surface area contributed by atoms with Crippen molar-refractivity contribution in [1.82, 2.24) is 19.8 Å². The zero-order valence-corrected chi connectivity index (χ0v) is 15.0. The molecule has 0 aliphatic rings. The molecule has 0 amide bonds. The minimum Gasteiger partial charge on any atom is -0.368 e. The highest BCUT2D eigenvalue weighted by molar-refractivity contribution is 5.44. The quantitative estimate of drug-likeness (QED) is 0.790. The molecular weight excluding hydrogens is 298 g/mol. The molecular formula is C19H25N5. The molecule has 2 aromatic heterocycles. The Bertz CT molecular complexity index is 844. The lowest BCUT2D eigenvalue weighted by atomic mass is 9.96. The number of nitrogens with one attached hydrogen (secondary N) is 1. The Hall–Kier alpha value is -2.43. The van der Waals surface area contributed by atoms with Crippen LogP contribution in [0.25, 0.3) is 5.65 Å². The zero-order chi connectivity index (χ0) is 17.3. The molecule has 3 rings (SSSR count). The molecule has 0 fully saturated rings. The lowest BCUT2D eigenvalue weighted by Crippen LogP contribution is -2.18. The van der Waals surface area contributed by atoms with Gasteiger partial charge in [0.1, 0.15) is 5.82 Å². The van der Waals surface area contributed by atoms with E-state index >= 15 is 0 Å². The standard InChI is InChI=1S/C19H25N5/c1-13-7-6-8-15(11-13)14(2)12-20-16-9-10-17-21-22-18(19(3,4)5)24(17)23-16/h6-11,14H,12H2,1-5H3,(H,20,23). The average Bonchev–Trinajstić information content (AvgIpc) is 2.96. The Kier molecular flexibility index (Phi) is 4.26. The first kappa shape index (κ1) is 16.4. The van der Waals surface area contributed by atoms with Gasteiger partial charge in [0.05, 0.1) is 0 Å². The van der Waals surface area contributed by atoms with E-state index in [9.17, 15) is 0 Å². The summed E-state index contributed by atoms with van der Waals surface area (Å²) in [7, 11) is 0. The van der Waals surface area contributed by atoms with E-state index in [2.05, 4.69) is 79.5 Å². The molecule has 126 valence electrons. The number of nitrogens with zero attached hydrogens (tertiary/aromatic N) is 4. The lowest BCUT2D eigenvalue weighted by Gasteiger charge is -2.16. The van der Waals surface area contributed by atoms with E-state index < -0.39 is 0 Å². The Labute approximate surface area is 143 Å². The van der Waals surface area contributed by atoms with Crippen molar-refractivity contribution in [3.63, 3.8) is 0 Å². The van der Waals surface area contributed by atoms with Gasteiger partial charge in [-0.15, -0.1) is 15.3 Å². The molecule has 0 aliphatic heterocycles. The van der Waals surface area contributed by atoms with E-state index in [1.165, 1.54) is 11.1 Å². The Balaban J connectivity index is 1.78. The molecule has 1 unspecified atom stereocenters. The zero-order valence-electron chi connectivity index (χ0n) is 15.0. The van der Waals surface area contributed by atoms with Gasteiger partial charge in [-0.25, -0.2) is 0 Å². The summed E-state index contributed by atoms with van der Waals surface area (Å²) in [5.74, 6) is 2.12. The van der Waals surface area contributed by atoms with Gasteiger partial charge in [-0.3, -0.25) is 0 Å². The molecule has 0 radical (unpaired) electrons. The minimum atomic E-state index is -0.0973. The fourth-order valence-electron chi connectivity index (χ4n) is 2.70. The van der Waals surface area contributed by atoms with Crippen LogP contribution < -0.4 is 5.32 Å². The van der Waals surface area contributed by atoms with Crippen LogP contribution in [0.2, 0.25) is 0 Å². The summed E-state index contributed by atoms with van der Waals surface area (Å²) in [5.41, 5.74) is 3.30. The molecule has 1 aromatic carbocycles. The van der Waals surface area contributed by atoms with E-state index in [1.807, 2.05) is 16.6 Å². The maximum absolute atomic E-state index is 4.67. The van der Waals surface area contributed by atoms with E-state index in [0.29, 0.717) is 5.92 Å². The molecule has 1 N–H and O–H groups in total. The van der Waals surface area contributed by atoms with Gasteiger partial charge in [0.25, 0.3) is 0 Å². The van der Waals surface area contributed by atoms with Gasteiger partial charge in [0.2, 0.25) is 0 Å². The van der Waals surface area contributed by atoms with Crippen molar-refractivity contribution in [3.8, 4) is 0 Å². The van der Waals surface area contributed by atoms with E-state index in [0.717, 1.165) is 23.8 Å². The van der Waals surface area contributed by atoms with E-state index in [1.54, 1.807) is 0 Å². The topological polar surface area (TPSA) is 55.1 Å². The molecule has 5 nitrogen and oxygen atoms in total. The van der Waals surface area contributed by atoms with Gasteiger partial charge < -0.3 is 5.32 Å². The molecule has 5 heteroatoms. The SMILES string of the molecule is Cc1cccc(C(C)CNc2ccc3nnc(C(C)(C)C)n3n2)c1. The van der Waals surface area contributed by atoms with Gasteiger partial charge in [0.15, 0.2) is 11.5 Å². The second-order valence-corrected chi connectivity index (χ2v) is 7.46. The van der Waals surface area contributed by atoms with Gasteiger partial charge >= 0.3 is 0 Å². The average molecular weight is 323 g/mol. The van der Waals surface area contributed by atoms with Gasteiger partial charge in [-0.1, -0.05) is 57.5 Å². The molecule has 0 bridgehead atoms. The van der Waals surface area contributed by atoms with Crippen LogP contribution in [0.15, 0.2) is 36.4 Å². The largest absolute Gasteiger partial charge is 0.368 e. The Morgan fingerprint density at radius 3 is 2.62 bits per heavy atom. The molecule has 3 aromatic rings. The normalized spacial score (nSPS) is 13.2. The van der Waals surface area contributed by atoms with Gasteiger partial charge in [0, 0.05) is 12.0 Å². The number of hydrogen-bond donors (Lipinski definition) is 1. The summed E-state index contributed by atoms with van der Waals surface area (Å²) in [6, 6.07) is 12.6. The second-order valence-electron chi connectivity index (χ2n) is 7.46. The minimum absolute atomic E-state index is 0.0973. The van der Waals surface area contributed by atoms with Crippen molar-refractivity contribution in [2.75, 3.05) is 11.9 Å². The lowest BCUT2D eigenvalue weighted by molar-refractivity contribution is 0.527. The number of anilines is 1. The van der Waals surface area contributed by atoms with Crippen LogP contribution in [-0.2, 0) is 5.41 Å². The highest BCUT2D eigenvalue weighted by Crippen LogP contribution is 2.21. The van der Waals surface area contributed by atoms with Crippen molar-refractivity contribution in [3.05, 3.63) is 53.3 Å². The van der Waals surface area contributed by atoms with E-state index in [-0.39, 0.29) is 5.41 Å². The second kappa shape index (κ2) is 6.23. The van der Waals surface area contributed by atoms with Crippen LogP contribution in [0.5, 0.6) is 0 Å². The van der Waals surface area contributed by atoms with Gasteiger partial charge in [-0.2, -0.15) is 4.52 Å². The molecule has 1 atom stereocenters. The van der Waals surface area contributed by atoms with Crippen molar-refractivity contribution >= 4 is 11.5 Å². The summed E-state index contributed by atoms with van der Waals surface area (Å²) in [6.07, 6.45) is 0. The van der Waals surface area contributed by atoms with Crippen molar-refractivity contribution in [2.45, 2.75) is 46.0 Å². The fraction of sp³-hybridized carbons (Fsp3) is 0.421. The third-order valence-electron chi connectivity index (χ3n) is 4.13. The smallest absolute Gasteiger partial charge is 0.178 e. The van der Waals surface area contributed by atoms with Crippen LogP contribution in [0.3, 0.4) is 0 Å². The van der Waals surface area contributed by atoms with Crippen LogP contribution in [0.1, 0.15) is 50.6 Å². The number of benzene rings is 1.